The molecular weight excluding hydrogens is 544 g/mol. The SMILES string of the molecule is O=S(=O)(NCCCCCCCNS(=O)(=O)c1ccc(Br)cc1)c1ccc(Br)cc1. The molecular formula is C19H24Br2N2O4S2. The van der Waals surface area contributed by atoms with E-state index in [0.29, 0.717) is 13.1 Å². The molecule has 0 heterocycles. The second kappa shape index (κ2) is 11.6. The van der Waals surface area contributed by atoms with Crippen LogP contribution in [-0.2, 0) is 20.0 Å². The molecule has 0 atom stereocenters. The van der Waals surface area contributed by atoms with Crippen LogP contribution >= 0.6 is 31.9 Å². The zero-order valence-corrected chi connectivity index (χ0v) is 20.6. The minimum Gasteiger partial charge on any atom is -0.211 e. The number of benzene rings is 2. The minimum atomic E-state index is -3.47. The number of hydrogen-bond acceptors (Lipinski definition) is 4. The summed E-state index contributed by atoms with van der Waals surface area (Å²) in [6.45, 7) is 0.767. The summed E-state index contributed by atoms with van der Waals surface area (Å²) < 4.78 is 55.5. The smallest absolute Gasteiger partial charge is 0.211 e. The predicted octanol–water partition coefficient (Wildman–Crippen LogP) is 4.42. The van der Waals surface area contributed by atoms with E-state index in [1.54, 1.807) is 48.5 Å². The molecule has 0 saturated carbocycles. The Labute approximate surface area is 189 Å². The van der Waals surface area contributed by atoms with Crippen molar-refractivity contribution in [3.05, 3.63) is 57.5 Å². The fourth-order valence-corrected chi connectivity index (χ4v) is 5.26. The Morgan fingerprint density at radius 2 is 0.862 bits per heavy atom. The normalized spacial score (nSPS) is 12.2. The topological polar surface area (TPSA) is 92.3 Å². The van der Waals surface area contributed by atoms with E-state index >= 15 is 0 Å². The van der Waals surface area contributed by atoms with Crippen LogP contribution in [0.5, 0.6) is 0 Å². The van der Waals surface area contributed by atoms with Crippen LogP contribution in [0, 0.1) is 0 Å². The quantitative estimate of drug-likeness (QED) is 0.371. The molecule has 0 unspecified atom stereocenters. The average Bonchev–Trinajstić information content (AvgIpc) is 2.67. The van der Waals surface area contributed by atoms with E-state index in [-0.39, 0.29) is 9.79 Å². The van der Waals surface area contributed by atoms with E-state index in [1.807, 2.05) is 0 Å². The molecule has 29 heavy (non-hydrogen) atoms. The molecule has 2 N–H and O–H groups in total. The van der Waals surface area contributed by atoms with Gasteiger partial charge < -0.3 is 0 Å². The highest BCUT2D eigenvalue weighted by molar-refractivity contribution is 9.10. The largest absolute Gasteiger partial charge is 0.240 e. The lowest BCUT2D eigenvalue weighted by molar-refractivity contribution is 0.562. The first-order valence-electron chi connectivity index (χ1n) is 9.21. The predicted molar refractivity (Wildman–Crippen MR) is 122 cm³/mol. The van der Waals surface area contributed by atoms with Crippen LogP contribution < -0.4 is 9.44 Å². The third-order valence-electron chi connectivity index (χ3n) is 4.19. The molecule has 0 bridgehead atoms. The van der Waals surface area contributed by atoms with Crippen molar-refractivity contribution in [1.29, 1.82) is 0 Å². The first-order chi connectivity index (χ1) is 13.7. The van der Waals surface area contributed by atoms with Crippen molar-refractivity contribution in [2.24, 2.45) is 0 Å². The van der Waals surface area contributed by atoms with Gasteiger partial charge in [-0.15, -0.1) is 0 Å². The van der Waals surface area contributed by atoms with E-state index in [1.165, 1.54) is 0 Å². The lowest BCUT2D eigenvalue weighted by Crippen LogP contribution is -2.25. The highest BCUT2D eigenvalue weighted by atomic mass is 79.9. The van der Waals surface area contributed by atoms with Crippen LogP contribution in [0.3, 0.4) is 0 Å². The van der Waals surface area contributed by atoms with Crippen LogP contribution in [-0.4, -0.2) is 29.9 Å². The van der Waals surface area contributed by atoms with Gasteiger partial charge in [-0.1, -0.05) is 51.1 Å². The molecule has 0 aliphatic rings. The lowest BCUT2D eigenvalue weighted by Gasteiger charge is -2.08. The van der Waals surface area contributed by atoms with Gasteiger partial charge in [0.05, 0.1) is 9.79 Å². The molecule has 0 spiro atoms. The van der Waals surface area contributed by atoms with E-state index < -0.39 is 20.0 Å². The molecule has 0 aliphatic heterocycles. The molecule has 0 fully saturated rings. The first-order valence-corrected chi connectivity index (χ1v) is 13.8. The zero-order valence-electron chi connectivity index (χ0n) is 15.8. The minimum absolute atomic E-state index is 0.249. The maximum atomic E-state index is 12.2. The van der Waals surface area contributed by atoms with Gasteiger partial charge in [0.15, 0.2) is 0 Å². The van der Waals surface area contributed by atoms with Crippen molar-refractivity contribution < 1.29 is 16.8 Å². The Hall–Kier alpha value is -0.780. The Bertz CT molecular complexity index is 896. The van der Waals surface area contributed by atoms with Crippen molar-refractivity contribution in [2.75, 3.05) is 13.1 Å². The molecule has 6 nitrogen and oxygen atoms in total. The van der Waals surface area contributed by atoms with Gasteiger partial charge in [-0.3, -0.25) is 0 Å². The molecule has 2 rings (SSSR count). The van der Waals surface area contributed by atoms with Crippen molar-refractivity contribution in [3.8, 4) is 0 Å². The molecule has 0 saturated heterocycles. The first kappa shape index (κ1) is 24.5. The average molecular weight is 568 g/mol. The number of sulfonamides is 2. The van der Waals surface area contributed by atoms with Crippen molar-refractivity contribution in [2.45, 2.75) is 41.9 Å². The molecule has 160 valence electrons. The third kappa shape index (κ3) is 8.47. The number of halogens is 2. The van der Waals surface area contributed by atoms with Gasteiger partial charge in [0.25, 0.3) is 0 Å². The van der Waals surface area contributed by atoms with Gasteiger partial charge in [0, 0.05) is 22.0 Å². The fraction of sp³-hybridized carbons (Fsp3) is 0.368. The summed E-state index contributed by atoms with van der Waals surface area (Å²) in [4.78, 5) is 0.498. The maximum Gasteiger partial charge on any atom is 0.240 e. The molecule has 10 heteroatoms. The van der Waals surface area contributed by atoms with Crippen molar-refractivity contribution in [1.82, 2.24) is 9.44 Å². The molecule has 2 aromatic rings. The summed E-state index contributed by atoms with van der Waals surface area (Å²) >= 11 is 6.56. The summed E-state index contributed by atoms with van der Waals surface area (Å²) in [7, 11) is -6.95. The molecule has 2 aromatic carbocycles. The molecule has 0 amide bonds. The lowest BCUT2D eigenvalue weighted by atomic mass is 10.1. The number of hydrogen-bond donors (Lipinski definition) is 2. The van der Waals surface area contributed by atoms with Crippen LogP contribution in [0.25, 0.3) is 0 Å². The van der Waals surface area contributed by atoms with Crippen LogP contribution in [0.4, 0.5) is 0 Å². The standard InChI is InChI=1S/C19H24Br2N2O4S2/c20-16-6-10-18(11-7-16)28(24,25)22-14-4-2-1-3-5-15-23-29(26,27)19-12-8-17(21)9-13-19/h6-13,22-23H,1-5,14-15H2. The van der Waals surface area contributed by atoms with Gasteiger partial charge in [-0.05, 0) is 61.4 Å². The Morgan fingerprint density at radius 1 is 0.552 bits per heavy atom. The highest BCUT2D eigenvalue weighted by Gasteiger charge is 2.13. The summed E-state index contributed by atoms with van der Waals surface area (Å²) in [5.41, 5.74) is 0. The molecule has 0 aliphatic carbocycles. The van der Waals surface area contributed by atoms with Gasteiger partial charge in [-0.2, -0.15) is 0 Å². The van der Waals surface area contributed by atoms with Crippen molar-refractivity contribution in [3.63, 3.8) is 0 Å². The summed E-state index contributed by atoms with van der Waals surface area (Å²) in [5, 5.41) is 0. The van der Waals surface area contributed by atoms with E-state index in [4.69, 9.17) is 0 Å². The van der Waals surface area contributed by atoms with Crippen LogP contribution in [0.1, 0.15) is 32.1 Å². The summed E-state index contributed by atoms with van der Waals surface area (Å²) in [6, 6.07) is 13.0. The fourth-order valence-electron chi connectivity index (χ4n) is 2.59. The van der Waals surface area contributed by atoms with Gasteiger partial charge in [0.2, 0.25) is 20.0 Å². The number of nitrogens with one attached hydrogen (secondary N) is 2. The number of unbranched alkanes of at least 4 members (excludes halogenated alkanes) is 4. The summed E-state index contributed by atoms with van der Waals surface area (Å²) in [6.07, 6.45) is 4.14. The van der Waals surface area contributed by atoms with Gasteiger partial charge in [0.1, 0.15) is 0 Å². The number of rotatable bonds is 12. The van der Waals surface area contributed by atoms with Crippen molar-refractivity contribution >= 4 is 51.9 Å². The van der Waals surface area contributed by atoms with E-state index in [9.17, 15) is 16.8 Å². The summed E-state index contributed by atoms with van der Waals surface area (Å²) in [5.74, 6) is 0. The Balaban J connectivity index is 1.58. The van der Waals surface area contributed by atoms with Gasteiger partial charge in [-0.25, -0.2) is 26.3 Å². The van der Waals surface area contributed by atoms with Gasteiger partial charge >= 0.3 is 0 Å². The molecule has 0 radical (unpaired) electrons. The van der Waals surface area contributed by atoms with E-state index in [0.717, 1.165) is 41.0 Å². The highest BCUT2D eigenvalue weighted by Crippen LogP contribution is 2.15. The molecule has 0 aromatic heterocycles. The zero-order chi connectivity index (χ0) is 21.3. The monoisotopic (exact) mass is 566 g/mol. The third-order valence-corrected chi connectivity index (χ3v) is 8.20. The Morgan fingerprint density at radius 3 is 1.21 bits per heavy atom. The second-order valence-corrected chi connectivity index (χ2v) is 11.8. The van der Waals surface area contributed by atoms with Crippen LogP contribution in [0.2, 0.25) is 0 Å². The van der Waals surface area contributed by atoms with E-state index in [2.05, 4.69) is 41.3 Å². The second-order valence-electron chi connectivity index (χ2n) is 6.47. The van der Waals surface area contributed by atoms with Crippen LogP contribution in [0.15, 0.2) is 67.3 Å². The Kier molecular flexibility index (Phi) is 9.77. The maximum absolute atomic E-state index is 12.2.